The van der Waals surface area contributed by atoms with E-state index >= 15 is 0 Å². The zero-order chi connectivity index (χ0) is 12.8. The first-order valence-electron chi connectivity index (χ1n) is 5.15. The van der Waals surface area contributed by atoms with Gasteiger partial charge < -0.3 is 14.9 Å². The second-order valence-corrected chi connectivity index (χ2v) is 3.60. The molecule has 2 atom stereocenters. The molecule has 5 nitrogen and oxygen atoms in total. The monoisotopic (exact) mass is 238 g/mol. The van der Waals surface area contributed by atoms with Crippen molar-refractivity contribution >= 4 is 11.8 Å². The van der Waals surface area contributed by atoms with Crippen molar-refractivity contribution < 1.29 is 24.5 Å². The molecule has 0 aromatic heterocycles. The number of Topliss-reactive ketones (excluding diaryl/α,β-unsaturated/α-hetero) is 1. The van der Waals surface area contributed by atoms with Crippen LogP contribution in [0.25, 0.3) is 0 Å². The number of carbonyl (C=O) groups is 2. The lowest BCUT2D eigenvalue weighted by atomic mass is 10.1. The van der Waals surface area contributed by atoms with Crippen LogP contribution in [0.1, 0.15) is 17.3 Å². The first kappa shape index (κ1) is 13.3. The zero-order valence-corrected chi connectivity index (χ0v) is 9.37. The molecule has 0 heterocycles. The summed E-state index contributed by atoms with van der Waals surface area (Å²) in [7, 11) is 0. The number of hydrogen-bond donors (Lipinski definition) is 2. The van der Waals surface area contributed by atoms with E-state index in [0.717, 1.165) is 0 Å². The summed E-state index contributed by atoms with van der Waals surface area (Å²) < 4.78 is 4.53. The molecule has 2 N–H and O–H groups in total. The van der Waals surface area contributed by atoms with E-state index < -0.39 is 30.6 Å². The number of benzene rings is 1. The van der Waals surface area contributed by atoms with Gasteiger partial charge in [0, 0.05) is 5.56 Å². The third kappa shape index (κ3) is 3.65. The first-order valence-corrected chi connectivity index (χ1v) is 5.15. The summed E-state index contributed by atoms with van der Waals surface area (Å²) in [6, 6.07) is 8.02. The molecule has 5 heteroatoms. The summed E-state index contributed by atoms with van der Waals surface area (Å²) >= 11 is 0. The Hall–Kier alpha value is -1.72. The minimum atomic E-state index is -1.83. The van der Waals surface area contributed by atoms with Crippen molar-refractivity contribution in [2.45, 2.75) is 13.2 Å². The third-order valence-electron chi connectivity index (χ3n) is 2.19. The zero-order valence-electron chi connectivity index (χ0n) is 9.37. The lowest BCUT2D eigenvalue weighted by molar-refractivity contribution is -0.166. The molecule has 0 spiro atoms. The van der Waals surface area contributed by atoms with E-state index in [-0.39, 0.29) is 5.56 Å². The van der Waals surface area contributed by atoms with Crippen LogP contribution in [0, 0.1) is 5.92 Å². The van der Waals surface area contributed by atoms with E-state index in [9.17, 15) is 14.7 Å². The summed E-state index contributed by atoms with van der Waals surface area (Å²) in [5, 5.41) is 18.1. The number of aliphatic hydroxyl groups excluding tert-OH is 2. The highest BCUT2D eigenvalue weighted by molar-refractivity contribution is 5.99. The van der Waals surface area contributed by atoms with E-state index in [1.54, 1.807) is 18.2 Å². The summed E-state index contributed by atoms with van der Waals surface area (Å²) in [6.45, 7) is 1.03. The standard InChI is InChI=1S/C12H14O5/c1-8(7-13)11(15)17-12(16)10(14)9-5-3-2-4-6-9/h2-6,8,12-13,16H,7H2,1H3. The second-order valence-electron chi connectivity index (χ2n) is 3.60. The molecule has 1 aromatic rings. The minimum absolute atomic E-state index is 0.254. The van der Waals surface area contributed by atoms with Crippen LogP contribution in [-0.2, 0) is 9.53 Å². The van der Waals surface area contributed by atoms with Crippen LogP contribution in [-0.4, -0.2) is 34.9 Å². The van der Waals surface area contributed by atoms with Crippen molar-refractivity contribution in [3.8, 4) is 0 Å². The highest BCUT2D eigenvalue weighted by Gasteiger charge is 2.23. The third-order valence-corrected chi connectivity index (χ3v) is 2.19. The molecule has 1 aromatic carbocycles. The molecule has 2 unspecified atom stereocenters. The van der Waals surface area contributed by atoms with Crippen molar-refractivity contribution in [1.82, 2.24) is 0 Å². The van der Waals surface area contributed by atoms with Crippen LogP contribution < -0.4 is 0 Å². The average Bonchev–Trinajstić information content (AvgIpc) is 2.37. The smallest absolute Gasteiger partial charge is 0.313 e. The topological polar surface area (TPSA) is 83.8 Å². The predicted octanol–water partition coefficient (Wildman–Crippen LogP) is 0.359. The Morgan fingerprint density at radius 3 is 2.41 bits per heavy atom. The quantitative estimate of drug-likeness (QED) is 0.439. The Kier molecular flexibility index (Phi) is 4.81. The van der Waals surface area contributed by atoms with Crippen molar-refractivity contribution in [2.24, 2.45) is 5.92 Å². The van der Waals surface area contributed by atoms with Gasteiger partial charge in [-0.15, -0.1) is 0 Å². The Labute approximate surface area is 98.6 Å². The van der Waals surface area contributed by atoms with E-state index in [2.05, 4.69) is 4.74 Å². The second kappa shape index (κ2) is 6.12. The Bertz CT molecular complexity index is 387. The van der Waals surface area contributed by atoms with Gasteiger partial charge in [-0.1, -0.05) is 30.3 Å². The number of ketones is 1. The molecule has 0 fully saturated rings. The molecular formula is C12H14O5. The fraction of sp³-hybridized carbons (Fsp3) is 0.333. The Balaban J connectivity index is 2.62. The van der Waals surface area contributed by atoms with Gasteiger partial charge >= 0.3 is 5.97 Å². The molecule has 92 valence electrons. The molecule has 0 aliphatic rings. The van der Waals surface area contributed by atoms with E-state index in [4.69, 9.17) is 5.11 Å². The largest absolute Gasteiger partial charge is 0.427 e. The van der Waals surface area contributed by atoms with Gasteiger partial charge in [-0.2, -0.15) is 0 Å². The van der Waals surface area contributed by atoms with Gasteiger partial charge in [-0.05, 0) is 6.92 Å². The number of esters is 1. The highest BCUT2D eigenvalue weighted by atomic mass is 16.6. The number of hydrogen-bond acceptors (Lipinski definition) is 5. The Morgan fingerprint density at radius 1 is 1.29 bits per heavy atom. The highest BCUT2D eigenvalue weighted by Crippen LogP contribution is 2.07. The van der Waals surface area contributed by atoms with Crippen molar-refractivity contribution in [3.05, 3.63) is 35.9 Å². The van der Waals surface area contributed by atoms with Gasteiger partial charge in [0.2, 0.25) is 5.78 Å². The summed E-state index contributed by atoms with van der Waals surface area (Å²) in [6.07, 6.45) is -1.83. The molecule has 1 rings (SSSR count). The lowest BCUT2D eigenvalue weighted by Crippen LogP contribution is -2.30. The van der Waals surface area contributed by atoms with Crippen molar-refractivity contribution in [1.29, 1.82) is 0 Å². The van der Waals surface area contributed by atoms with Crippen molar-refractivity contribution in [3.63, 3.8) is 0 Å². The average molecular weight is 238 g/mol. The maximum Gasteiger partial charge on any atom is 0.313 e. The minimum Gasteiger partial charge on any atom is -0.427 e. The van der Waals surface area contributed by atoms with Crippen LogP contribution in [0.15, 0.2) is 30.3 Å². The number of aliphatic hydroxyl groups is 2. The lowest BCUT2D eigenvalue weighted by Gasteiger charge is -2.13. The molecule has 0 aliphatic heterocycles. The van der Waals surface area contributed by atoms with Gasteiger partial charge in [0.15, 0.2) is 0 Å². The van der Waals surface area contributed by atoms with Gasteiger partial charge in [-0.25, -0.2) is 0 Å². The fourth-order valence-corrected chi connectivity index (χ4v) is 1.10. The molecular weight excluding hydrogens is 224 g/mol. The molecule has 17 heavy (non-hydrogen) atoms. The molecule has 0 radical (unpaired) electrons. The molecule has 0 amide bonds. The van der Waals surface area contributed by atoms with Gasteiger partial charge in [0.25, 0.3) is 6.29 Å². The van der Waals surface area contributed by atoms with Crippen molar-refractivity contribution in [2.75, 3.05) is 6.61 Å². The van der Waals surface area contributed by atoms with Crippen LogP contribution >= 0.6 is 0 Å². The SMILES string of the molecule is CC(CO)C(=O)OC(O)C(=O)c1ccccc1. The molecule has 0 bridgehead atoms. The maximum atomic E-state index is 11.6. The van der Waals surface area contributed by atoms with E-state index in [0.29, 0.717) is 0 Å². The first-order chi connectivity index (χ1) is 8.06. The summed E-state index contributed by atoms with van der Waals surface area (Å²) in [4.78, 5) is 22.8. The number of rotatable bonds is 5. The summed E-state index contributed by atoms with van der Waals surface area (Å²) in [5.41, 5.74) is 0.254. The van der Waals surface area contributed by atoms with Crippen LogP contribution in [0.2, 0.25) is 0 Å². The predicted molar refractivity (Wildman–Crippen MR) is 59.1 cm³/mol. The van der Waals surface area contributed by atoms with Crippen LogP contribution in [0.5, 0.6) is 0 Å². The molecule has 0 aliphatic carbocycles. The van der Waals surface area contributed by atoms with E-state index in [1.165, 1.54) is 19.1 Å². The number of ether oxygens (including phenoxy) is 1. The van der Waals surface area contributed by atoms with Gasteiger partial charge in [-0.3, -0.25) is 9.59 Å². The fourth-order valence-electron chi connectivity index (χ4n) is 1.10. The Morgan fingerprint density at radius 2 is 1.88 bits per heavy atom. The van der Waals surface area contributed by atoms with Crippen LogP contribution in [0.3, 0.4) is 0 Å². The summed E-state index contributed by atoms with van der Waals surface area (Å²) in [5.74, 6) is -2.28. The normalized spacial score (nSPS) is 13.8. The van der Waals surface area contributed by atoms with Crippen LogP contribution in [0.4, 0.5) is 0 Å². The maximum absolute atomic E-state index is 11.6. The van der Waals surface area contributed by atoms with Gasteiger partial charge in [0.05, 0.1) is 12.5 Å². The number of carbonyl (C=O) groups excluding carboxylic acids is 2. The van der Waals surface area contributed by atoms with Gasteiger partial charge in [0.1, 0.15) is 0 Å². The molecule has 0 saturated carbocycles. The molecule has 0 saturated heterocycles. The van der Waals surface area contributed by atoms with E-state index in [1.807, 2.05) is 0 Å².